The molecule has 0 amide bonds. The largest absolute Gasteiger partial charge is 0 e. The Labute approximate surface area is 175 Å². The molecule has 1 rings (SSSR count). The summed E-state index contributed by atoms with van der Waals surface area (Å²) in [6.07, 6.45) is 0.341. The number of rotatable bonds is 5. The summed E-state index contributed by atoms with van der Waals surface area (Å²) >= 11 is 0. The molecule has 5 nitrogen and oxygen atoms in total. The van der Waals surface area contributed by atoms with Crippen LogP contribution in [0.4, 0.5) is 0 Å². The van der Waals surface area contributed by atoms with Gasteiger partial charge in [-0.3, -0.25) is 4.79 Å². The van der Waals surface area contributed by atoms with Crippen LogP contribution in [0.5, 0.6) is 0 Å². The van der Waals surface area contributed by atoms with Crippen molar-refractivity contribution in [1.29, 1.82) is 0 Å². The molecule has 148 valence electrons. The monoisotopic (exact) mass is 428 g/mol. The van der Waals surface area contributed by atoms with Crippen LogP contribution in [-0.4, -0.2) is 14.1 Å². The second-order valence-electron chi connectivity index (χ2n) is 7.45. The maximum atomic E-state index is 12.4. The van der Waals surface area contributed by atoms with Crippen LogP contribution >= 0.6 is 0 Å². The Bertz CT molecular complexity index is 581. The van der Waals surface area contributed by atoms with Gasteiger partial charge < -0.3 is 4.43 Å². The first-order valence-corrected chi connectivity index (χ1v) is 11.3. The quantitative estimate of drug-likeness (QED) is 0.384. The molecule has 0 aliphatic heterocycles. The maximum absolute atomic E-state index is 12.4. The van der Waals surface area contributed by atoms with Gasteiger partial charge in [0.15, 0.2) is 8.32 Å². The second-order valence-corrected chi connectivity index (χ2v) is 11.9. The van der Waals surface area contributed by atoms with Crippen molar-refractivity contribution in [3.05, 3.63) is 55.3 Å². The molecular formula is C20H28CrO5Si. The van der Waals surface area contributed by atoms with Crippen molar-refractivity contribution < 1.29 is 40.5 Å². The SMILES string of the molecule is Cc1ccccc1C(CC(=O)C(C)(C)C)O[Si](C)(C)C.[C-]#[O+].[C-]#[O+].[C-]#[O+].[Cr]. The Morgan fingerprint density at radius 1 is 1.04 bits per heavy atom. The van der Waals surface area contributed by atoms with E-state index in [1.807, 2.05) is 32.9 Å². The topological polar surface area (TPSA) is 86.0 Å². The molecule has 7 heteroatoms. The Hall–Kier alpha value is -1.18. The molecule has 0 aliphatic carbocycles. The molecule has 1 aromatic carbocycles. The molecule has 1 atom stereocenters. The standard InChI is InChI=1S/C17H28O2Si.3CO.Cr/c1-13-10-8-9-11-14(13)15(19-20(5,6)7)12-16(18)17(2,3)4;3*1-2;/h8-11,15H,12H2,1-7H3;;;;. The Morgan fingerprint density at radius 2 is 1.44 bits per heavy atom. The van der Waals surface area contributed by atoms with Crippen molar-refractivity contribution in [3.8, 4) is 0 Å². The molecule has 0 heterocycles. The molecule has 0 saturated carbocycles. The molecule has 0 aliphatic rings. The first-order chi connectivity index (χ1) is 12.0. The van der Waals surface area contributed by atoms with Gasteiger partial charge in [-0.15, -0.1) is 0 Å². The van der Waals surface area contributed by atoms with Gasteiger partial charge in [0, 0.05) is 29.2 Å². The van der Waals surface area contributed by atoms with Crippen LogP contribution in [0, 0.1) is 32.3 Å². The summed E-state index contributed by atoms with van der Waals surface area (Å²) < 4.78 is 28.8. The summed E-state index contributed by atoms with van der Waals surface area (Å²) in [5, 5.41) is 0. The van der Waals surface area contributed by atoms with Crippen molar-refractivity contribution in [2.45, 2.75) is 59.9 Å². The first kappa shape index (κ1) is 33.4. The number of hydrogen-bond donors (Lipinski definition) is 0. The number of ketones is 1. The van der Waals surface area contributed by atoms with Gasteiger partial charge in [-0.05, 0) is 37.7 Å². The fourth-order valence-corrected chi connectivity index (χ4v) is 3.13. The number of benzene rings is 1. The third kappa shape index (κ3) is 15.6. The first-order valence-electron chi connectivity index (χ1n) is 7.88. The molecule has 27 heavy (non-hydrogen) atoms. The van der Waals surface area contributed by atoms with Gasteiger partial charge in [0.1, 0.15) is 5.78 Å². The number of hydrogen-bond acceptors (Lipinski definition) is 2. The van der Waals surface area contributed by atoms with Crippen LogP contribution in [0.3, 0.4) is 0 Å². The van der Waals surface area contributed by atoms with E-state index in [9.17, 15) is 4.79 Å². The van der Waals surface area contributed by atoms with Gasteiger partial charge >= 0.3 is 33.9 Å². The predicted octanol–water partition coefficient (Wildman–Crippen LogP) is 4.78. The third-order valence-corrected chi connectivity index (χ3v) is 4.23. The number of carbonyl (C=O) groups is 1. The minimum Gasteiger partial charge on any atom is 0 e. The average Bonchev–Trinajstić information content (AvgIpc) is 2.58. The van der Waals surface area contributed by atoms with E-state index in [1.54, 1.807) is 0 Å². The number of aryl methyl sites for hydroxylation is 1. The maximum Gasteiger partial charge on any atom is 0 e. The summed E-state index contributed by atoms with van der Waals surface area (Å²) in [6, 6.07) is 8.20. The van der Waals surface area contributed by atoms with Crippen LogP contribution in [0.1, 0.15) is 44.4 Å². The van der Waals surface area contributed by atoms with Gasteiger partial charge in [0.05, 0.1) is 6.10 Å². The fraction of sp³-hybridized carbons (Fsp3) is 0.500. The third-order valence-electron chi connectivity index (χ3n) is 3.24. The van der Waals surface area contributed by atoms with Crippen molar-refractivity contribution in [3.63, 3.8) is 0 Å². The molecule has 1 unspecified atom stereocenters. The van der Waals surface area contributed by atoms with E-state index < -0.39 is 8.32 Å². The summed E-state index contributed by atoms with van der Waals surface area (Å²) in [5.74, 6) is 0.254. The van der Waals surface area contributed by atoms with E-state index in [4.69, 9.17) is 18.4 Å². The summed E-state index contributed by atoms with van der Waals surface area (Å²) in [7, 11) is -1.70. The molecule has 1 aromatic rings. The summed E-state index contributed by atoms with van der Waals surface area (Å²) in [6.45, 7) is 28.0. The van der Waals surface area contributed by atoms with E-state index in [-0.39, 0.29) is 34.7 Å². The minimum absolute atomic E-state index is 0. The zero-order valence-corrected chi connectivity index (χ0v) is 19.3. The molecule has 0 aromatic heterocycles. The molecule has 0 saturated heterocycles. The molecule has 0 spiro atoms. The van der Waals surface area contributed by atoms with Gasteiger partial charge in [0.25, 0.3) is 0 Å². The van der Waals surface area contributed by atoms with Gasteiger partial charge in [-0.1, -0.05) is 45.0 Å². The Kier molecular flexibility index (Phi) is 21.0. The van der Waals surface area contributed by atoms with Crippen LogP contribution < -0.4 is 0 Å². The van der Waals surface area contributed by atoms with E-state index in [2.05, 4.69) is 58.6 Å². The normalized spacial score (nSPS) is 10.7. The summed E-state index contributed by atoms with van der Waals surface area (Å²) in [5.41, 5.74) is 2.02. The zero-order valence-electron chi connectivity index (χ0n) is 17.0. The van der Waals surface area contributed by atoms with Crippen molar-refractivity contribution >= 4 is 14.1 Å². The molecule has 0 radical (unpaired) electrons. The summed E-state index contributed by atoms with van der Waals surface area (Å²) in [4.78, 5) is 12.4. The van der Waals surface area contributed by atoms with E-state index in [1.165, 1.54) is 5.56 Å². The average molecular weight is 429 g/mol. The van der Waals surface area contributed by atoms with Crippen molar-refractivity contribution in [1.82, 2.24) is 0 Å². The smallest absolute Gasteiger partial charge is 0 e. The fourth-order valence-electron chi connectivity index (χ4n) is 2.06. The van der Waals surface area contributed by atoms with Gasteiger partial charge in [-0.25, -0.2) is 0 Å². The Balaban J connectivity index is -0.000000342. The molecule has 0 N–H and O–H groups in total. The second kappa shape index (κ2) is 17.0. The van der Waals surface area contributed by atoms with Gasteiger partial charge in [0.2, 0.25) is 0 Å². The van der Waals surface area contributed by atoms with Crippen LogP contribution in [0.15, 0.2) is 24.3 Å². The minimum atomic E-state index is -1.70. The van der Waals surface area contributed by atoms with Crippen molar-refractivity contribution in [2.75, 3.05) is 0 Å². The van der Waals surface area contributed by atoms with Crippen molar-refractivity contribution in [2.24, 2.45) is 5.41 Å². The zero-order chi connectivity index (χ0) is 21.6. The van der Waals surface area contributed by atoms with E-state index in [0.29, 0.717) is 6.42 Å². The van der Waals surface area contributed by atoms with Gasteiger partial charge in [-0.2, -0.15) is 0 Å². The van der Waals surface area contributed by atoms with Crippen LogP contribution in [0.25, 0.3) is 0 Å². The van der Waals surface area contributed by atoms with Crippen LogP contribution in [-0.2, 0) is 40.5 Å². The molecular weight excluding hydrogens is 400 g/mol. The number of carbonyl (C=O) groups excluding carboxylic acids is 1. The molecule has 0 bridgehead atoms. The van der Waals surface area contributed by atoms with E-state index in [0.717, 1.165) is 5.56 Å². The predicted molar refractivity (Wildman–Crippen MR) is 99.2 cm³/mol. The number of Topliss-reactive ketones (excluding diaryl/α,β-unsaturated/α-hetero) is 1. The molecule has 0 fully saturated rings. The van der Waals surface area contributed by atoms with Crippen LogP contribution in [0.2, 0.25) is 19.6 Å². The Morgan fingerprint density at radius 3 is 1.78 bits per heavy atom. The van der Waals surface area contributed by atoms with E-state index >= 15 is 0 Å².